The van der Waals surface area contributed by atoms with Gasteiger partial charge in [-0.15, -0.1) is 0 Å². The Bertz CT molecular complexity index is 919. The van der Waals surface area contributed by atoms with Crippen LogP contribution in [0.5, 0.6) is 0 Å². The maximum absolute atomic E-state index is 14.1. The third-order valence-electron chi connectivity index (χ3n) is 4.44. The number of benzene rings is 2. The van der Waals surface area contributed by atoms with Gasteiger partial charge in [-0.3, -0.25) is 9.59 Å². The number of amides is 1. The molecule has 1 atom stereocenters. The minimum absolute atomic E-state index is 0.233. The first-order valence-electron chi connectivity index (χ1n) is 8.63. The van der Waals surface area contributed by atoms with E-state index in [4.69, 9.17) is 16.3 Å². The monoisotopic (exact) mass is 387 g/mol. The molecule has 0 spiro atoms. The molecule has 1 heterocycles. The van der Waals surface area contributed by atoms with Crippen LogP contribution in [0.4, 0.5) is 10.1 Å². The fourth-order valence-electron chi connectivity index (χ4n) is 3.14. The second kappa shape index (κ2) is 7.92. The van der Waals surface area contributed by atoms with Crippen LogP contribution in [0.1, 0.15) is 30.5 Å². The lowest BCUT2D eigenvalue weighted by molar-refractivity contribution is -0.151. The molecular formula is C21H19ClFNO3. The maximum atomic E-state index is 14.1. The SMILES string of the molecule is CCOC(=O)C1Cc2ccc(C=C(C)c3c(F)cccc3Cl)cc2NC1=O. The highest BCUT2D eigenvalue weighted by Crippen LogP contribution is 2.31. The van der Waals surface area contributed by atoms with Crippen molar-refractivity contribution in [2.45, 2.75) is 20.3 Å². The summed E-state index contributed by atoms with van der Waals surface area (Å²) in [6.45, 7) is 3.71. The Morgan fingerprint density at radius 1 is 1.37 bits per heavy atom. The van der Waals surface area contributed by atoms with Crippen molar-refractivity contribution in [3.8, 4) is 0 Å². The van der Waals surface area contributed by atoms with E-state index in [1.54, 1.807) is 38.1 Å². The first-order valence-corrected chi connectivity index (χ1v) is 9.01. The number of nitrogens with one attached hydrogen (secondary N) is 1. The van der Waals surface area contributed by atoms with Gasteiger partial charge in [0, 0.05) is 11.3 Å². The van der Waals surface area contributed by atoms with Crippen LogP contribution in [0.15, 0.2) is 36.4 Å². The van der Waals surface area contributed by atoms with Crippen molar-refractivity contribution >= 4 is 40.8 Å². The Balaban J connectivity index is 1.88. The van der Waals surface area contributed by atoms with Gasteiger partial charge < -0.3 is 10.1 Å². The van der Waals surface area contributed by atoms with Crippen LogP contribution in [-0.2, 0) is 20.7 Å². The van der Waals surface area contributed by atoms with E-state index in [0.717, 1.165) is 11.1 Å². The third kappa shape index (κ3) is 4.03. The van der Waals surface area contributed by atoms with Crippen LogP contribution in [0.3, 0.4) is 0 Å². The second-order valence-electron chi connectivity index (χ2n) is 6.34. The summed E-state index contributed by atoms with van der Waals surface area (Å²) >= 11 is 6.11. The zero-order valence-corrected chi connectivity index (χ0v) is 15.8. The van der Waals surface area contributed by atoms with Crippen molar-refractivity contribution in [3.05, 3.63) is 63.9 Å². The molecule has 0 fully saturated rings. The molecule has 0 saturated heterocycles. The van der Waals surface area contributed by atoms with Crippen molar-refractivity contribution in [2.24, 2.45) is 5.92 Å². The van der Waals surface area contributed by atoms with Gasteiger partial charge in [0.2, 0.25) is 5.91 Å². The summed E-state index contributed by atoms with van der Waals surface area (Å²) < 4.78 is 19.0. The molecule has 4 nitrogen and oxygen atoms in total. The van der Waals surface area contributed by atoms with Gasteiger partial charge in [-0.05, 0) is 55.2 Å². The van der Waals surface area contributed by atoms with Crippen LogP contribution >= 0.6 is 11.6 Å². The summed E-state index contributed by atoms with van der Waals surface area (Å²) in [4.78, 5) is 24.1. The molecule has 140 valence electrons. The molecule has 0 saturated carbocycles. The van der Waals surface area contributed by atoms with Gasteiger partial charge in [0.05, 0.1) is 11.6 Å². The normalized spacial score (nSPS) is 16.5. The minimum Gasteiger partial charge on any atom is -0.465 e. The van der Waals surface area contributed by atoms with Gasteiger partial charge >= 0.3 is 5.97 Å². The van der Waals surface area contributed by atoms with Crippen molar-refractivity contribution in [2.75, 3.05) is 11.9 Å². The van der Waals surface area contributed by atoms with Crippen molar-refractivity contribution in [1.29, 1.82) is 0 Å². The number of ether oxygens (including phenoxy) is 1. The lowest BCUT2D eigenvalue weighted by Crippen LogP contribution is -2.36. The Labute approximate surface area is 162 Å². The molecule has 1 aliphatic rings. The average Bonchev–Trinajstić information content (AvgIpc) is 2.61. The highest BCUT2D eigenvalue weighted by atomic mass is 35.5. The zero-order chi connectivity index (χ0) is 19.6. The topological polar surface area (TPSA) is 55.4 Å². The van der Waals surface area contributed by atoms with Crippen molar-refractivity contribution in [1.82, 2.24) is 0 Å². The molecule has 3 rings (SSSR count). The molecule has 0 aliphatic carbocycles. The van der Waals surface area contributed by atoms with Crippen LogP contribution in [-0.4, -0.2) is 18.5 Å². The lowest BCUT2D eigenvalue weighted by atomic mass is 9.92. The molecule has 1 N–H and O–H groups in total. The fraction of sp³-hybridized carbons (Fsp3) is 0.238. The summed E-state index contributed by atoms with van der Waals surface area (Å²) in [6, 6.07) is 10.1. The summed E-state index contributed by atoms with van der Waals surface area (Å²) in [7, 11) is 0. The number of anilines is 1. The highest BCUT2D eigenvalue weighted by molar-refractivity contribution is 6.32. The number of hydrogen-bond donors (Lipinski definition) is 1. The molecule has 27 heavy (non-hydrogen) atoms. The molecule has 2 aromatic carbocycles. The second-order valence-corrected chi connectivity index (χ2v) is 6.75. The van der Waals surface area contributed by atoms with Crippen LogP contribution in [0, 0.1) is 11.7 Å². The van der Waals surface area contributed by atoms with Crippen LogP contribution in [0.25, 0.3) is 11.6 Å². The van der Waals surface area contributed by atoms with E-state index in [9.17, 15) is 14.0 Å². The summed E-state index contributed by atoms with van der Waals surface area (Å²) in [6.07, 6.45) is 2.09. The number of fused-ring (bicyclic) bond motifs is 1. The lowest BCUT2D eigenvalue weighted by Gasteiger charge is -2.23. The van der Waals surface area contributed by atoms with Crippen LogP contribution < -0.4 is 5.32 Å². The quantitative estimate of drug-likeness (QED) is 0.469. The number of carbonyl (C=O) groups is 2. The molecule has 0 bridgehead atoms. The largest absolute Gasteiger partial charge is 0.465 e. The molecule has 6 heteroatoms. The van der Waals surface area contributed by atoms with Crippen molar-refractivity contribution in [3.63, 3.8) is 0 Å². The summed E-state index contributed by atoms with van der Waals surface area (Å²) in [5.41, 5.74) is 3.31. The number of carbonyl (C=O) groups excluding carboxylic acids is 2. The van der Waals surface area contributed by atoms with Crippen LogP contribution in [0.2, 0.25) is 5.02 Å². The molecule has 1 unspecified atom stereocenters. The van der Waals surface area contributed by atoms with E-state index in [-0.39, 0.29) is 18.3 Å². The van der Waals surface area contributed by atoms with E-state index >= 15 is 0 Å². The molecule has 0 radical (unpaired) electrons. The predicted octanol–water partition coefficient (Wildman–Crippen LogP) is 4.71. The van der Waals surface area contributed by atoms with Gasteiger partial charge in [0.15, 0.2) is 0 Å². The summed E-state index contributed by atoms with van der Waals surface area (Å²) in [5.74, 6) is -2.12. The van der Waals surface area contributed by atoms with Crippen molar-refractivity contribution < 1.29 is 18.7 Å². The summed E-state index contributed by atoms with van der Waals surface area (Å²) in [5, 5.41) is 3.10. The number of halogens is 2. The molecule has 1 aliphatic heterocycles. The van der Waals surface area contributed by atoms with Gasteiger partial charge in [-0.1, -0.05) is 35.9 Å². The number of rotatable bonds is 4. The maximum Gasteiger partial charge on any atom is 0.318 e. The minimum atomic E-state index is -0.835. The zero-order valence-electron chi connectivity index (χ0n) is 15.0. The number of hydrogen-bond acceptors (Lipinski definition) is 3. The molecule has 0 aromatic heterocycles. The first-order chi connectivity index (χ1) is 12.9. The van der Waals surface area contributed by atoms with Gasteiger partial charge in [0.1, 0.15) is 11.7 Å². The van der Waals surface area contributed by atoms with E-state index in [0.29, 0.717) is 28.3 Å². The average molecular weight is 388 g/mol. The van der Waals surface area contributed by atoms with Gasteiger partial charge in [0.25, 0.3) is 0 Å². The van der Waals surface area contributed by atoms with E-state index in [1.807, 2.05) is 12.1 Å². The fourth-order valence-corrected chi connectivity index (χ4v) is 3.45. The van der Waals surface area contributed by atoms with E-state index < -0.39 is 11.9 Å². The smallest absolute Gasteiger partial charge is 0.318 e. The molecular weight excluding hydrogens is 369 g/mol. The number of allylic oxidation sites excluding steroid dienone is 1. The Morgan fingerprint density at radius 2 is 2.15 bits per heavy atom. The van der Waals surface area contributed by atoms with Gasteiger partial charge in [-0.2, -0.15) is 0 Å². The Kier molecular flexibility index (Phi) is 5.61. The van der Waals surface area contributed by atoms with E-state index in [1.165, 1.54) is 6.07 Å². The third-order valence-corrected chi connectivity index (χ3v) is 4.76. The Morgan fingerprint density at radius 3 is 2.85 bits per heavy atom. The van der Waals surface area contributed by atoms with E-state index in [2.05, 4.69) is 5.32 Å². The first kappa shape index (κ1) is 19.1. The Hall–Kier alpha value is -2.66. The highest BCUT2D eigenvalue weighted by Gasteiger charge is 2.33. The standard InChI is InChI=1S/C21H19ClFNO3/c1-3-27-21(26)15-11-14-8-7-13(10-18(14)24-20(15)25)9-12(2)19-16(22)5-4-6-17(19)23/h4-10,15H,3,11H2,1-2H3,(H,24,25). The number of esters is 1. The molecule has 2 aromatic rings. The van der Waals surface area contributed by atoms with Gasteiger partial charge in [-0.25, -0.2) is 4.39 Å². The molecule has 1 amide bonds. The predicted molar refractivity (Wildman–Crippen MR) is 104 cm³/mol.